The minimum Gasteiger partial charge on any atom is -0.508 e. The second-order valence-corrected chi connectivity index (χ2v) is 12.0. The summed E-state index contributed by atoms with van der Waals surface area (Å²) in [6, 6.07) is 20.8. The number of nitrogens with one attached hydrogen (secondary N) is 2. The maximum absolute atomic E-state index is 14.1. The molecule has 1 unspecified atom stereocenters. The van der Waals surface area contributed by atoms with E-state index in [4.69, 9.17) is 4.74 Å². The topological polar surface area (TPSA) is 105 Å². The summed E-state index contributed by atoms with van der Waals surface area (Å²) in [6.45, 7) is 9.78. The molecular formula is C35H38N4O4. The van der Waals surface area contributed by atoms with Crippen LogP contribution in [0.15, 0.2) is 76.3 Å². The van der Waals surface area contributed by atoms with Gasteiger partial charge < -0.3 is 9.84 Å². The van der Waals surface area contributed by atoms with E-state index in [1.165, 1.54) is 0 Å². The molecule has 0 amide bonds. The SMILES string of the molecule is Cc1[nH]n(-c2ccccc2)c(=O)c1C(CCC1(C)CCc2cc(O)c(C)c(C)c2O1)c1c(C)[nH]n(-c2ccccc2)c1=O. The van der Waals surface area contributed by atoms with Crippen LogP contribution in [0.1, 0.15) is 71.3 Å². The number of H-pyrrole nitrogens is 2. The van der Waals surface area contributed by atoms with E-state index in [2.05, 4.69) is 17.1 Å². The van der Waals surface area contributed by atoms with Crippen molar-refractivity contribution in [3.05, 3.63) is 127 Å². The fourth-order valence-electron chi connectivity index (χ4n) is 6.48. The van der Waals surface area contributed by atoms with Crippen molar-refractivity contribution >= 4 is 0 Å². The number of phenolic OH excluding ortho intramolecular Hbond substituents is 1. The minimum atomic E-state index is -0.509. The van der Waals surface area contributed by atoms with E-state index in [0.29, 0.717) is 29.7 Å². The van der Waals surface area contributed by atoms with Crippen LogP contribution in [0.25, 0.3) is 11.4 Å². The van der Waals surface area contributed by atoms with Crippen molar-refractivity contribution in [2.75, 3.05) is 0 Å². The molecule has 0 radical (unpaired) electrons. The number of aryl methyl sites for hydroxylation is 3. The van der Waals surface area contributed by atoms with Crippen molar-refractivity contribution in [3.8, 4) is 22.9 Å². The van der Waals surface area contributed by atoms with Gasteiger partial charge in [-0.1, -0.05) is 36.4 Å². The fourth-order valence-corrected chi connectivity index (χ4v) is 6.48. The summed E-state index contributed by atoms with van der Waals surface area (Å²) < 4.78 is 9.80. The summed E-state index contributed by atoms with van der Waals surface area (Å²) in [5.41, 5.74) is 6.02. The Hall–Kier alpha value is -4.72. The Bertz CT molecular complexity index is 1820. The van der Waals surface area contributed by atoms with Gasteiger partial charge in [-0.2, -0.15) is 0 Å². The number of ether oxygens (including phenoxy) is 1. The molecule has 0 bridgehead atoms. The summed E-state index contributed by atoms with van der Waals surface area (Å²) in [5.74, 6) is 0.653. The van der Waals surface area contributed by atoms with Crippen LogP contribution in [0.4, 0.5) is 0 Å². The lowest BCUT2D eigenvalue weighted by Gasteiger charge is -2.38. The maximum atomic E-state index is 14.1. The molecule has 1 aliphatic heterocycles. The predicted octanol–water partition coefficient (Wildman–Crippen LogP) is 6.28. The van der Waals surface area contributed by atoms with Crippen molar-refractivity contribution in [2.45, 2.75) is 71.8 Å². The van der Waals surface area contributed by atoms with E-state index in [1.807, 2.05) is 94.4 Å². The van der Waals surface area contributed by atoms with Gasteiger partial charge >= 0.3 is 0 Å². The molecule has 0 saturated heterocycles. The van der Waals surface area contributed by atoms with Gasteiger partial charge in [0.2, 0.25) is 0 Å². The molecular weight excluding hydrogens is 540 g/mol. The zero-order valence-corrected chi connectivity index (χ0v) is 25.3. The molecule has 0 aliphatic carbocycles. The monoisotopic (exact) mass is 578 g/mol. The molecule has 5 aromatic rings. The summed E-state index contributed by atoms with van der Waals surface area (Å²) in [4.78, 5) is 28.1. The first-order chi connectivity index (χ1) is 20.6. The third-order valence-corrected chi connectivity index (χ3v) is 9.08. The van der Waals surface area contributed by atoms with Crippen molar-refractivity contribution < 1.29 is 9.84 Å². The zero-order valence-electron chi connectivity index (χ0n) is 25.3. The fraction of sp³-hybridized carbons (Fsp3) is 0.314. The van der Waals surface area contributed by atoms with Gasteiger partial charge in [0, 0.05) is 28.4 Å². The van der Waals surface area contributed by atoms with E-state index in [9.17, 15) is 14.7 Å². The Labute approximate surface area is 250 Å². The van der Waals surface area contributed by atoms with E-state index < -0.39 is 11.5 Å². The first-order valence-electron chi connectivity index (χ1n) is 14.8. The maximum Gasteiger partial charge on any atom is 0.275 e. The number of fused-ring (bicyclic) bond motifs is 1. The van der Waals surface area contributed by atoms with Crippen LogP contribution in [0.5, 0.6) is 11.5 Å². The number of aromatic nitrogens is 4. The summed E-state index contributed by atoms with van der Waals surface area (Å²) in [7, 11) is 0. The van der Waals surface area contributed by atoms with Gasteiger partial charge in [0.1, 0.15) is 17.1 Å². The zero-order chi connectivity index (χ0) is 30.5. The Morgan fingerprint density at radius 2 is 1.35 bits per heavy atom. The number of hydrogen-bond donors (Lipinski definition) is 3. The van der Waals surface area contributed by atoms with Crippen LogP contribution in [-0.4, -0.2) is 30.3 Å². The average molecular weight is 579 g/mol. The molecule has 43 heavy (non-hydrogen) atoms. The van der Waals surface area contributed by atoms with Gasteiger partial charge in [-0.15, -0.1) is 0 Å². The third-order valence-electron chi connectivity index (χ3n) is 9.08. The Balaban J connectivity index is 1.43. The van der Waals surface area contributed by atoms with Gasteiger partial charge in [-0.3, -0.25) is 19.8 Å². The van der Waals surface area contributed by atoms with Crippen molar-refractivity contribution in [1.29, 1.82) is 0 Å². The number of aromatic amines is 2. The van der Waals surface area contributed by atoms with Gasteiger partial charge in [0.05, 0.1) is 11.4 Å². The average Bonchev–Trinajstić information content (AvgIpc) is 3.47. The predicted molar refractivity (Wildman–Crippen MR) is 168 cm³/mol. The Morgan fingerprint density at radius 3 is 1.86 bits per heavy atom. The number of nitrogens with zero attached hydrogens (tertiary/aromatic N) is 2. The van der Waals surface area contributed by atoms with Gasteiger partial charge in [-0.05, 0) is 107 Å². The summed E-state index contributed by atoms with van der Waals surface area (Å²) in [6.07, 6.45) is 2.70. The second kappa shape index (κ2) is 10.8. The van der Waals surface area contributed by atoms with Crippen LogP contribution in [0, 0.1) is 27.7 Å². The molecule has 0 fully saturated rings. The number of hydrogen-bond acceptors (Lipinski definition) is 4. The largest absolute Gasteiger partial charge is 0.508 e. The second-order valence-electron chi connectivity index (χ2n) is 12.0. The molecule has 3 N–H and O–H groups in total. The highest BCUT2D eigenvalue weighted by molar-refractivity contribution is 5.53. The lowest BCUT2D eigenvalue weighted by molar-refractivity contribution is 0.0519. The van der Waals surface area contributed by atoms with Crippen LogP contribution in [0.2, 0.25) is 0 Å². The Morgan fingerprint density at radius 1 is 0.837 bits per heavy atom. The molecule has 0 saturated carbocycles. The molecule has 3 aromatic carbocycles. The molecule has 3 heterocycles. The van der Waals surface area contributed by atoms with Crippen LogP contribution < -0.4 is 15.9 Å². The molecule has 8 heteroatoms. The van der Waals surface area contributed by atoms with Crippen molar-refractivity contribution in [1.82, 2.24) is 19.6 Å². The van der Waals surface area contributed by atoms with Crippen LogP contribution in [0.3, 0.4) is 0 Å². The van der Waals surface area contributed by atoms with Crippen molar-refractivity contribution in [3.63, 3.8) is 0 Å². The van der Waals surface area contributed by atoms with E-state index in [0.717, 1.165) is 58.0 Å². The molecule has 1 atom stereocenters. The smallest absolute Gasteiger partial charge is 0.275 e. The molecule has 1 aliphatic rings. The normalized spacial score (nSPS) is 16.3. The first kappa shape index (κ1) is 28.4. The number of para-hydroxylation sites is 2. The molecule has 2 aromatic heterocycles. The molecule has 0 spiro atoms. The minimum absolute atomic E-state index is 0.165. The number of benzene rings is 3. The lowest BCUT2D eigenvalue weighted by Crippen LogP contribution is -2.37. The number of aromatic hydroxyl groups is 1. The molecule has 222 valence electrons. The van der Waals surface area contributed by atoms with Crippen molar-refractivity contribution in [2.24, 2.45) is 0 Å². The number of rotatable bonds is 7. The quantitative estimate of drug-likeness (QED) is 0.211. The molecule has 8 nitrogen and oxygen atoms in total. The van der Waals surface area contributed by atoms with E-state index in [1.54, 1.807) is 9.36 Å². The Kier molecular flexibility index (Phi) is 7.16. The third kappa shape index (κ3) is 5.01. The highest BCUT2D eigenvalue weighted by Crippen LogP contribution is 2.43. The lowest BCUT2D eigenvalue weighted by atomic mass is 9.81. The standard InChI is InChI=1S/C35H38N4O4/c1-21-22(2)32-25(20-29(21)40)16-18-35(5,43-32)19-17-28(30-23(3)36-38(33(30)41)26-12-8-6-9-13-26)31-24(4)37-39(34(31)42)27-14-10-7-11-15-27/h6-15,20,28,36-37,40H,16-19H2,1-5H3. The van der Waals surface area contributed by atoms with Gasteiger partial charge in [0.25, 0.3) is 11.1 Å². The van der Waals surface area contributed by atoms with Crippen LogP contribution in [-0.2, 0) is 6.42 Å². The number of phenols is 1. The van der Waals surface area contributed by atoms with E-state index >= 15 is 0 Å². The van der Waals surface area contributed by atoms with E-state index in [-0.39, 0.29) is 11.1 Å². The highest BCUT2D eigenvalue weighted by atomic mass is 16.5. The first-order valence-corrected chi connectivity index (χ1v) is 14.8. The summed E-state index contributed by atoms with van der Waals surface area (Å²) >= 11 is 0. The van der Waals surface area contributed by atoms with Gasteiger partial charge in [0.15, 0.2) is 0 Å². The summed E-state index contributed by atoms with van der Waals surface area (Å²) in [5, 5.41) is 16.9. The van der Waals surface area contributed by atoms with Crippen LogP contribution >= 0.6 is 0 Å². The highest BCUT2D eigenvalue weighted by Gasteiger charge is 2.36. The van der Waals surface area contributed by atoms with Gasteiger partial charge in [-0.25, -0.2) is 9.36 Å². The molecule has 6 rings (SSSR count).